The maximum absolute atomic E-state index is 12.8. The highest BCUT2D eigenvalue weighted by Gasteiger charge is 2.50. The van der Waals surface area contributed by atoms with Gasteiger partial charge in [-0.05, 0) is 60.0 Å². The molecule has 0 spiro atoms. The van der Waals surface area contributed by atoms with Crippen molar-refractivity contribution in [3.05, 3.63) is 53.6 Å². The van der Waals surface area contributed by atoms with E-state index in [0.717, 1.165) is 53.7 Å². The van der Waals surface area contributed by atoms with Crippen LogP contribution in [0.3, 0.4) is 0 Å². The van der Waals surface area contributed by atoms with Gasteiger partial charge in [-0.1, -0.05) is 36.4 Å². The Labute approximate surface area is 182 Å². The van der Waals surface area contributed by atoms with Gasteiger partial charge in [0.1, 0.15) is 6.04 Å². The smallest absolute Gasteiger partial charge is 0.241 e. The Balaban J connectivity index is 1.26. The number of benzene rings is 2. The maximum Gasteiger partial charge on any atom is 0.241 e. The van der Waals surface area contributed by atoms with Crippen LogP contribution in [0.15, 0.2) is 42.5 Å². The lowest BCUT2D eigenvalue weighted by molar-refractivity contribution is -0.127. The molecule has 2 aromatic rings. The second-order valence-electron chi connectivity index (χ2n) is 9.10. The van der Waals surface area contributed by atoms with E-state index in [2.05, 4.69) is 22.8 Å². The third-order valence-electron chi connectivity index (χ3n) is 7.13. The molecule has 2 fully saturated rings. The van der Waals surface area contributed by atoms with E-state index in [9.17, 15) is 14.9 Å². The summed E-state index contributed by atoms with van der Waals surface area (Å²) in [6.07, 6.45) is 3.77. The second kappa shape index (κ2) is 7.51. The van der Waals surface area contributed by atoms with Crippen molar-refractivity contribution in [2.24, 2.45) is 5.92 Å². The van der Waals surface area contributed by atoms with E-state index < -0.39 is 11.6 Å². The Morgan fingerprint density at radius 1 is 1.29 bits per heavy atom. The third-order valence-corrected chi connectivity index (χ3v) is 7.13. The van der Waals surface area contributed by atoms with Gasteiger partial charge in [-0.2, -0.15) is 5.26 Å². The highest BCUT2D eigenvalue weighted by molar-refractivity contribution is 6.01. The van der Waals surface area contributed by atoms with Gasteiger partial charge >= 0.3 is 0 Å². The van der Waals surface area contributed by atoms with Crippen molar-refractivity contribution >= 4 is 17.5 Å². The molecule has 2 amide bonds. The number of piperidine rings is 1. The van der Waals surface area contributed by atoms with E-state index in [1.165, 1.54) is 0 Å². The van der Waals surface area contributed by atoms with E-state index in [1.54, 1.807) is 4.90 Å². The molecule has 3 aliphatic rings. The molecule has 1 aliphatic carbocycles. The fourth-order valence-corrected chi connectivity index (χ4v) is 5.22. The Bertz CT molecular complexity index is 1080. The van der Waals surface area contributed by atoms with Crippen LogP contribution in [-0.4, -0.2) is 37.0 Å². The van der Waals surface area contributed by atoms with Gasteiger partial charge in [0.2, 0.25) is 11.8 Å². The molecular formula is C25H26N4O2. The number of nitrogens with one attached hydrogen (secondary N) is 2. The molecular weight excluding hydrogens is 388 g/mol. The average molecular weight is 415 g/mol. The number of hydrogen-bond donors (Lipinski definition) is 2. The number of nitriles is 1. The maximum atomic E-state index is 12.8. The van der Waals surface area contributed by atoms with Crippen LogP contribution >= 0.6 is 0 Å². The quantitative estimate of drug-likeness (QED) is 0.788. The van der Waals surface area contributed by atoms with Gasteiger partial charge in [-0.15, -0.1) is 0 Å². The lowest BCUT2D eigenvalue weighted by Gasteiger charge is -2.27. The molecule has 158 valence electrons. The Morgan fingerprint density at radius 2 is 2.06 bits per heavy atom. The fraction of sp³-hybridized carbons (Fsp3) is 0.400. The molecule has 5 rings (SSSR count). The van der Waals surface area contributed by atoms with E-state index in [0.29, 0.717) is 18.8 Å². The van der Waals surface area contributed by atoms with E-state index in [1.807, 2.05) is 43.4 Å². The Morgan fingerprint density at radius 3 is 2.71 bits per heavy atom. The lowest BCUT2D eigenvalue weighted by Crippen LogP contribution is -2.55. The van der Waals surface area contributed by atoms with Crippen molar-refractivity contribution < 1.29 is 9.59 Å². The summed E-state index contributed by atoms with van der Waals surface area (Å²) in [5.74, 6) is 0.677. The minimum Gasteiger partial charge on any atom is -0.338 e. The van der Waals surface area contributed by atoms with Gasteiger partial charge in [0.15, 0.2) is 0 Å². The molecule has 1 saturated carbocycles. The average Bonchev–Trinajstić information content (AvgIpc) is 3.48. The summed E-state index contributed by atoms with van der Waals surface area (Å²) in [5.41, 5.74) is 4.68. The van der Waals surface area contributed by atoms with Crippen LogP contribution in [0.5, 0.6) is 0 Å². The van der Waals surface area contributed by atoms with Crippen molar-refractivity contribution in [2.75, 3.05) is 18.5 Å². The van der Waals surface area contributed by atoms with Crippen LogP contribution < -0.4 is 15.5 Å². The highest BCUT2D eigenvalue weighted by atomic mass is 16.2. The molecule has 31 heavy (non-hydrogen) atoms. The topological polar surface area (TPSA) is 85.2 Å². The Hall–Kier alpha value is -3.17. The minimum atomic E-state index is -0.547. The molecule has 2 aliphatic heterocycles. The summed E-state index contributed by atoms with van der Waals surface area (Å²) in [7, 11) is 1.81. The molecule has 2 heterocycles. The zero-order valence-corrected chi connectivity index (χ0v) is 17.6. The van der Waals surface area contributed by atoms with Gasteiger partial charge in [0.25, 0.3) is 0 Å². The molecule has 6 heteroatoms. The molecule has 2 N–H and O–H groups in total. The largest absolute Gasteiger partial charge is 0.338 e. The first-order valence-electron chi connectivity index (χ1n) is 10.9. The van der Waals surface area contributed by atoms with Crippen molar-refractivity contribution in [1.82, 2.24) is 10.6 Å². The van der Waals surface area contributed by atoms with Gasteiger partial charge in [0.05, 0.1) is 18.0 Å². The fourth-order valence-electron chi connectivity index (χ4n) is 5.22. The SMILES string of the molecule is CN1C(=O)Cc2ccc(-c3ccc(C[C@@H](C#N)NC(=O)[C@]45CC[C@@H](CN4)C5)cc3)cc21. The number of amides is 2. The summed E-state index contributed by atoms with van der Waals surface area (Å²) in [5, 5.41) is 15.9. The number of fused-ring (bicyclic) bond motifs is 3. The van der Waals surface area contributed by atoms with Crippen LogP contribution in [0.2, 0.25) is 0 Å². The first-order chi connectivity index (χ1) is 15.0. The minimum absolute atomic E-state index is 0.0347. The molecule has 0 aromatic heterocycles. The zero-order chi connectivity index (χ0) is 21.6. The van der Waals surface area contributed by atoms with Gasteiger partial charge in [-0.25, -0.2) is 0 Å². The van der Waals surface area contributed by atoms with Gasteiger partial charge in [0, 0.05) is 19.2 Å². The molecule has 2 aromatic carbocycles. The number of carbonyl (C=O) groups excluding carboxylic acids is 2. The first-order valence-corrected chi connectivity index (χ1v) is 10.9. The molecule has 3 atom stereocenters. The van der Waals surface area contributed by atoms with Crippen LogP contribution in [0.25, 0.3) is 11.1 Å². The van der Waals surface area contributed by atoms with E-state index in [4.69, 9.17) is 0 Å². The molecule has 1 saturated heterocycles. The molecule has 0 radical (unpaired) electrons. The first kappa shape index (κ1) is 19.8. The normalized spacial score (nSPS) is 24.7. The highest BCUT2D eigenvalue weighted by Crippen LogP contribution is 2.40. The second-order valence-corrected chi connectivity index (χ2v) is 9.10. The number of nitrogens with zero attached hydrogens (tertiary/aromatic N) is 2. The van der Waals surface area contributed by atoms with Crippen molar-refractivity contribution in [1.29, 1.82) is 5.26 Å². The van der Waals surface area contributed by atoms with Gasteiger partial charge in [-0.3, -0.25) is 9.59 Å². The summed E-state index contributed by atoms with van der Waals surface area (Å²) in [6, 6.07) is 15.9. The Kier molecular flexibility index (Phi) is 4.79. The number of anilines is 1. The van der Waals surface area contributed by atoms with Crippen LogP contribution in [0.1, 0.15) is 30.4 Å². The number of hydrogen-bond acceptors (Lipinski definition) is 4. The summed E-state index contributed by atoms with van der Waals surface area (Å²) < 4.78 is 0. The van der Waals surface area contributed by atoms with Crippen LogP contribution in [0.4, 0.5) is 5.69 Å². The molecule has 0 unspecified atom stereocenters. The predicted molar refractivity (Wildman–Crippen MR) is 118 cm³/mol. The number of carbonyl (C=O) groups is 2. The monoisotopic (exact) mass is 414 g/mol. The van der Waals surface area contributed by atoms with Crippen LogP contribution in [-0.2, 0) is 22.4 Å². The lowest BCUT2D eigenvalue weighted by atomic mass is 9.96. The third kappa shape index (κ3) is 3.49. The molecule has 6 nitrogen and oxygen atoms in total. The number of rotatable bonds is 5. The number of likely N-dealkylation sites (N-methyl/N-ethyl adjacent to an activating group) is 1. The van der Waals surface area contributed by atoms with Crippen molar-refractivity contribution in [3.63, 3.8) is 0 Å². The predicted octanol–water partition coefficient (Wildman–Crippen LogP) is 2.57. The summed E-state index contributed by atoms with van der Waals surface area (Å²) in [4.78, 5) is 26.4. The van der Waals surface area contributed by atoms with Crippen molar-refractivity contribution in [3.8, 4) is 17.2 Å². The van der Waals surface area contributed by atoms with Crippen molar-refractivity contribution in [2.45, 2.75) is 43.7 Å². The standard InChI is InChI=1S/C25H26N4O2/c1-29-22-11-19(6-7-20(22)12-23(29)30)18-4-2-16(3-5-18)10-21(14-26)28-24(31)25-9-8-17(13-25)15-27-25/h2-7,11,17,21,27H,8-10,12-13,15H2,1H3,(H,28,31)/t17-,21+,25-/m1/s1. The zero-order valence-electron chi connectivity index (χ0n) is 17.6. The van der Waals surface area contributed by atoms with Crippen LogP contribution in [0, 0.1) is 17.2 Å². The van der Waals surface area contributed by atoms with E-state index in [-0.39, 0.29) is 11.8 Å². The summed E-state index contributed by atoms with van der Waals surface area (Å²) >= 11 is 0. The summed E-state index contributed by atoms with van der Waals surface area (Å²) in [6.45, 7) is 0.902. The molecule has 2 bridgehead atoms. The van der Waals surface area contributed by atoms with E-state index >= 15 is 0 Å². The van der Waals surface area contributed by atoms with Gasteiger partial charge < -0.3 is 15.5 Å².